The summed E-state index contributed by atoms with van der Waals surface area (Å²) in [5, 5.41) is 2.76. The second-order valence-corrected chi connectivity index (χ2v) is 5.55. The van der Waals surface area contributed by atoms with Gasteiger partial charge in [-0.3, -0.25) is 9.59 Å². The molecular weight excluding hydrogens is 268 g/mol. The Hall–Kier alpha value is -2.24. The molecule has 0 saturated heterocycles. The van der Waals surface area contributed by atoms with E-state index in [0.29, 0.717) is 11.3 Å². The molecule has 0 aliphatic rings. The van der Waals surface area contributed by atoms with E-state index < -0.39 is 0 Å². The van der Waals surface area contributed by atoms with Gasteiger partial charge in [-0.25, -0.2) is 0 Å². The smallest absolute Gasteiger partial charge is 0.256 e. The van der Waals surface area contributed by atoms with Crippen molar-refractivity contribution >= 4 is 23.2 Å². The van der Waals surface area contributed by atoms with Crippen molar-refractivity contribution in [2.24, 2.45) is 0 Å². The Morgan fingerprint density at radius 2 is 1.86 bits per heavy atom. The average molecular weight is 292 g/mol. The summed E-state index contributed by atoms with van der Waals surface area (Å²) in [6.45, 7) is 3.77. The van der Waals surface area contributed by atoms with Gasteiger partial charge in [-0.2, -0.15) is 0 Å². The second-order valence-electron chi connectivity index (χ2n) is 5.55. The minimum absolute atomic E-state index is 0.0126. The van der Waals surface area contributed by atoms with Crippen LogP contribution in [0.3, 0.4) is 0 Å². The van der Waals surface area contributed by atoms with Crippen LogP contribution in [-0.4, -0.2) is 50.4 Å². The monoisotopic (exact) mass is 292 g/mol. The van der Waals surface area contributed by atoms with Crippen molar-refractivity contribution < 1.29 is 9.59 Å². The van der Waals surface area contributed by atoms with Gasteiger partial charge in [0.2, 0.25) is 5.91 Å². The standard InChI is InChI=1S/C15H24N4O2/c1-10(2)17-14(20)9-19(5)15(21)12-8-11(16)6-7-13(12)18(3)4/h6-8,10H,9,16H2,1-5H3,(H,17,20). The molecule has 0 unspecified atom stereocenters. The van der Waals surface area contributed by atoms with Crippen LogP contribution in [0.4, 0.5) is 11.4 Å². The highest BCUT2D eigenvalue weighted by atomic mass is 16.2. The third-order valence-corrected chi connectivity index (χ3v) is 2.91. The first-order valence-electron chi connectivity index (χ1n) is 6.84. The number of nitrogens with zero attached hydrogens (tertiary/aromatic N) is 2. The number of carbonyl (C=O) groups is 2. The first kappa shape index (κ1) is 16.8. The Bertz CT molecular complexity index is 526. The molecule has 1 aromatic carbocycles. The number of hydrogen-bond acceptors (Lipinski definition) is 4. The molecule has 1 aromatic rings. The summed E-state index contributed by atoms with van der Waals surface area (Å²) >= 11 is 0. The van der Waals surface area contributed by atoms with E-state index in [-0.39, 0.29) is 24.4 Å². The summed E-state index contributed by atoms with van der Waals surface area (Å²) in [6.07, 6.45) is 0. The van der Waals surface area contributed by atoms with Crippen LogP contribution in [0.25, 0.3) is 0 Å². The quantitative estimate of drug-likeness (QED) is 0.791. The largest absolute Gasteiger partial charge is 0.399 e. The number of carbonyl (C=O) groups excluding carboxylic acids is 2. The fraction of sp³-hybridized carbons (Fsp3) is 0.467. The summed E-state index contributed by atoms with van der Waals surface area (Å²) in [5.41, 5.74) is 7.54. The lowest BCUT2D eigenvalue weighted by Gasteiger charge is -2.22. The SMILES string of the molecule is CC(C)NC(=O)CN(C)C(=O)c1cc(N)ccc1N(C)C. The van der Waals surface area contributed by atoms with Gasteiger partial charge in [0.15, 0.2) is 0 Å². The Labute approximate surface area is 125 Å². The summed E-state index contributed by atoms with van der Waals surface area (Å²) in [6, 6.07) is 5.22. The van der Waals surface area contributed by atoms with Crippen LogP contribution in [0.2, 0.25) is 0 Å². The first-order valence-corrected chi connectivity index (χ1v) is 6.84. The third kappa shape index (κ3) is 4.66. The molecule has 1 rings (SSSR count). The number of rotatable bonds is 5. The highest BCUT2D eigenvalue weighted by Gasteiger charge is 2.19. The van der Waals surface area contributed by atoms with Gasteiger partial charge in [-0.05, 0) is 32.0 Å². The van der Waals surface area contributed by atoms with Crippen LogP contribution >= 0.6 is 0 Å². The molecule has 2 amide bonds. The fourth-order valence-corrected chi connectivity index (χ4v) is 1.98. The lowest BCUT2D eigenvalue weighted by atomic mass is 10.1. The van der Waals surface area contributed by atoms with Crippen molar-refractivity contribution in [1.82, 2.24) is 10.2 Å². The summed E-state index contributed by atoms with van der Waals surface area (Å²) in [4.78, 5) is 27.5. The molecule has 0 aromatic heterocycles. The van der Waals surface area contributed by atoms with Gasteiger partial charge in [-0.15, -0.1) is 0 Å². The molecule has 0 atom stereocenters. The number of anilines is 2. The van der Waals surface area contributed by atoms with Gasteiger partial charge in [0.25, 0.3) is 5.91 Å². The van der Waals surface area contributed by atoms with E-state index in [2.05, 4.69) is 5.32 Å². The predicted molar refractivity (Wildman–Crippen MR) is 85.4 cm³/mol. The van der Waals surface area contributed by atoms with E-state index in [1.807, 2.05) is 32.8 Å². The molecule has 6 nitrogen and oxygen atoms in total. The van der Waals surface area contributed by atoms with Gasteiger partial charge in [0.05, 0.1) is 12.1 Å². The zero-order valence-electron chi connectivity index (χ0n) is 13.3. The summed E-state index contributed by atoms with van der Waals surface area (Å²) < 4.78 is 0. The minimum Gasteiger partial charge on any atom is -0.399 e. The van der Waals surface area contributed by atoms with Gasteiger partial charge in [0, 0.05) is 38.6 Å². The van der Waals surface area contributed by atoms with Crippen molar-refractivity contribution in [3.8, 4) is 0 Å². The summed E-state index contributed by atoms with van der Waals surface area (Å²) in [5.74, 6) is -0.416. The number of likely N-dealkylation sites (N-methyl/N-ethyl adjacent to an activating group) is 1. The van der Waals surface area contributed by atoms with E-state index in [1.165, 1.54) is 4.90 Å². The maximum absolute atomic E-state index is 12.5. The van der Waals surface area contributed by atoms with Crippen LogP contribution in [0.1, 0.15) is 24.2 Å². The van der Waals surface area contributed by atoms with E-state index in [0.717, 1.165) is 5.69 Å². The van der Waals surface area contributed by atoms with E-state index in [9.17, 15) is 9.59 Å². The molecule has 0 radical (unpaired) electrons. The third-order valence-electron chi connectivity index (χ3n) is 2.91. The Balaban J connectivity index is 2.92. The van der Waals surface area contributed by atoms with Crippen LogP contribution in [-0.2, 0) is 4.79 Å². The summed E-state index contributed by atoms with van der Waals surface area (Å²) in [7, 11) is 5.31. The minimum atomic E-state index is -0.232. The van der Waals surface area contributed by atoms with Crippen molar-refractivity contribution in [3.05, 3.63) is 23.8 Å². The molecule has 6 heteroatoms. The second kappa shape index (κ2) is 6.97. The van der Waals surface area contributed by atoms with Crippen LogP contribution < -0.4 is 16.0 Å². The van der Waals surface area contributed by atoms with E-state index in [1.54, 1.807) is 25.2 Å². The molecular formula is C15H24N4O2. The van der Waals surface area contributed by atoms with E-state index in [4.69, 9.17) is 5.73 Å². The average Bonchev–Trinajstić information content (AvgIpc) is 2.36. The number of amides is 2. The molecule has 116 valence electrons. The lowest BCUT2D eigenvalue weighted by Crippen LogP contribution is -2.41. The van der Waals surface area contributed by atoms with Gasteiger partial charge >= 0.3 is 0 Å². The number of benzene rings is 1. The number of nitrogen functional groups attached to an aromatic ring is 1. The molecule has 0 spiro atoms. The fourth-order valence-electron chi connectivity index (χ4n) is 1.98. The number of nitrogens with one attached hydrogen (secondary N) is 1. The highest BCUT2D eigenvalue weighted by molar-refractivity contribution is 6.01. The van der Waals surface area contributed by atoms with Crippen LogP contribution in [0.15, 0.2) is 18.2 Å². The van der Waals surface area contributed by atoms with Crippen molar-refractivity contribution in [2.45, 2.75) is 19.9 Å². The molecule has 3 N–H and O–H groups in total. The van der Waals surface area contributed by atoms with Crippen molar-refractivity contribution in [1.29, 1.82) is 0 Å². The molecule has 0 saturated carbocycles. The topological polar surface area (TPSA) is 78.7 Å². The lowest BCUT2D eigenvalue weighted by molar-refractivity contribution is -0.122. The highest BCUT2D eigenvalue weighted by Crippen LogP contribution is 2.22. The maximum Gasteiger partial charge on any atom is 0.256 e. The number of hydrogen-bond donors (Lipinski definition) is 2. The van der Waals surface area contributed by atoms with Crippen molar-refractivity contribution in [2.75, 3.05) is 38.3 Å². The van der Waals surface area contributed by atoms with Crippen LogP contribution in [0.5, 0.6) is 0 Å². The molecule has 0 heterocycles. The molecule has 0 fully saturated rings. The molecule has 0 aliphatic carbocycles. The number of nitrogens with two attached hydrogens (primary N) is 1. The molecule has 0 aliphatic heterocycles. The van der Waals surface area contributed by atoms with Gasteiger partial charge in [0.1, 0.15) is 0 Å². The molecule has 0 bridgehead atoms. The van der Waals surface area contributed by atoms with Crippen molar-refractivity contribution in [3.63, 3.8) is 0 Å². The Kier molecular flexibility index (Phi) is 5.58. The molecule has 21 heavy (non-hydrogen) atoms. The van der Waals surface area contributed by atoms with Crippen LogP contribution in [0, 0.1) is 0 Å². The normalized spacial score (nSPS) is 10.4. The first-order chi connectivity index (χ1) is 9.72. The Morgan fingerprint density at radius 3 is 2.38 bits per heavy atom. The maximum atomic E-state index is 12.5. The Morgan fingerprint density at radius 1 is 1.24 bits per heavy atom. The predicted octanol–water partition coefficient (Wildman–Crippen LogP) is 0.931. The van der Waals surface area contributed by atoms with Gasteiger partial charge in [-0.1, -0.05) is 0 Å². The zero-order chi connectivity index (χ0) is 16.2. The van der Waals surface area contributed by atoms with E-state index >= 15 is 0 Å². The van der Waals surface area contributed by atoms with Gasteiger partial charge < -0.3 is 20.9 Å². The zero-order valence-corrected chi connectivity index (χ0v) is 13.3.